The van der Waals surface area contributed by atoms with Crippen LogP contribution in [0, 0.1) is 0 Å². The zero-order valence-corrected chi connectivity index (χ0v) is 29.4. The number of unbranched alkanes of at least 4 members (excludes halogenated alkanes) is 27. The van der Waals surface area contributed by atoms with Gasteiger partial charge in [-0.1, -0.05) is 187 Å². The zero-order valence-electron chi connectivity index (χ0n) is 29.4. The van der Waals surface area contributed by atoms with E-state index in [2.05, 4.69) is 18.6 Å². The quantitative estimate of drug-likeness (QED) is 0.0548. The van der Waals surface area contributed by atoms with Crippen molar-refractivity contribution in [1.82, 2.24) is 0 Å². The third kappa shape index (κ3) is 45.9. The molecule has 43 heavy (non-hydrogen) atoms. The van der Waals surface area contributed by atoms with E-state index in [0.717, 1.165) is 12.8 Å². The second kappa shape index (κ2) is 43.5. The maximum atomic E-state index is 11.9. The normalized spacial score (nSPS) is 11.0. The number of esters is 1. The van der Waals surface area contributed by atoms with Crippen molar-refractivity contribution in [2.75, 3.05) is 33.0 Å². The fourth-order valence-electron chi connectivity index (χ4n) is 5.43. The Morgan fingerprint density at radius 2 is 0.674 bits per heavy atom. The average Bonchev–Trinajstić information content (AvgIpc) is 3.01. The van der Waals surface area contributed by atoms with Gasteiger partial charge in [-0.2, -0.15) is 0 Å². The zero-order chi connectivity index (χ0) is 31.7. The van der Waals surface area contributed by atoms with Gasteiger partial charge >= 0.3 is 5.97 Å². The molecule has 5 nitrogen and oxygen atoms in total. The summed E-state index contributed by atoms with van der Waals surface area (Å²) in [5.41, 5.74) is 0. The molecule has 0 fully saturated rings. The third-order valence-electron chi connectivity index (χ3n) is 8.22. The van der Waals surface area contributed by atoms with Crippen molar-refractivity contribution >= 4 is 5.97 Å². The number of carbonyl (C=O) groups is 1. The minimum atomic E-state index is 0.0272. The van der Waals surface area contributed by atoms with E-state index >= 15 is 0 Å². The van der Waals surface area contributed by atoms with Gasteiger partial charge in [-0.3, -0.25) is 4.79 Å². The van der Waals surface area contributed by atoms with E-state index in [-0.39, 0.29) is 19.2 Å². The first kappa shape index (κ1) is 44.5. The summed E-state index contributed by atoms with van der Waals surface area (Å²) in [6.45, 7) is 5.90. The first-order valence-corrected chi connectivity index (χ1v) is 19.2. The number of aliphatic hydroxyl groups excluding tert-OH is 2. The van der Waals surface area contributed by atoms with Crippen molar-refractivity contribution < 1.29 is 24.5 Å². The lowest BCUT2D eigenvalue weighted by Gasteiger charge is -2.06. The lowest BCUT2D eigenvalue weighted by molar-refractivity contribution is -0.143. The van der Waals surface area contributed by atoms with E-state index in [0.29, 0.717) is 26.2 Å². The third-order valence-corrected chi connectivity index (χ3v) is 8.22. The Morgan fingerprint density at radius 3 is 0.977 bits per heavy atom. The molecule has 0 aliphatic heterocycles. The lowest BCUT2D eigenvalue weighted by Crippen LogP contribution is -2.05. The van der Waals surface area contributed by atoms with Gasteiger partial charge in [-0.15, -0.1) is 0 Å². The maximum absolute atomic E-state index is 11.9. The van der Waals surface area contributed by atoms with Crippen LogP contribution in [0.25, 0.3) is 0 Å². The summed E-state index contributed by atoms with van der Waals surface area (Å²) in [6, 6.07) is 0. The van der Waals surface area contributed by atoms with Crippen LogP contribution in [0.15, 0.2) is 0 Å². The largest absolute Gasteiger partial charge is 0.466 e. The monoisotopic (exact) mass is 615 g/mol. The van der Waals surface area contributed by atoms with E-state index in [9.17, 15) is 4.79 Å². The van der Waals surface area contributed by atoms with E-state index in [1.807, 2.05) is 0 Å². The van der Waals surface area contributed by atoms with Gasteiger partial charge in [0.25, 0.3) is 0 Å². The second-order valence-corrected chi connectivity index (χ2v) is 12.6. The van der Waals surface area contributed by atoms with Crippen LogP contribution in [0.4, 0.5) is 0 Å². The van der Waals surface area contributed by atoms with Gasteiger partial charge in [0, 0.05) is 6.42 Å². The Bertz CT molecular complexity index is 445. The molecule has 0 rings (SSSR count). The van der Waals surface area contributed by atoms with E-state index < -0.39 is 0 Å². The first-order valence-electron chi connectivity index (χ1n) is 19.2. The fraction of sp³-hybridized carbons (Fsp3) is 0.974. The van der Waals surface area contributed by atoms with Crippen molar-refractivity contribution in [3.05, 3.63) is 0 Å². The second-order valence-electron chi connectivity index (χ2n) is 12.6. The van der Waals surface area contributed by atoms with E-state index in [1.54, 1.807) is 0 Å². The number of aliphatic hydroxyl groups is 2. The Kier molecular flexibility index (Phi) is 45.0. The SMILES string of the molecule is CCCCCCCCCCCCCCCCCC(=O)OCCCCCCCCCCCCCCCC.OCCOCCO. The molecule has 0 aliphatic carbocycles. The number of carbonyl (C=O) groups excluding carboxylic acids is 1. The highest BCUT2D eigenvalue weighted by Gasteiger charge is 2.03. The summed E-state index contributed by atoms with van der Waals surface area (Å²) in [6.07, 6.45) is 40.1. The first-order chi connectivity index (χ1) is 21.2. The molecular formula is C38H78O5. The van der Waals surface area contributed by atoms with Gasteiger partial charge in [0.15, 0.2) is 0 Å². The molecule has 0 aromatic carbocycles. The van der Waals surface area contributed by atoms with Gasteiger partial charge < -0.3 is 19.7 Å². The van der Waals surface area contributed by atoms with Gasteiger partial charge in [0.1, 0.15) is 0 Å². The Balaban J connectivity index is 0. The minimum Gasteiger partial charge on any atom is -0.466 e. The fourth-order valence-corrected chi connectivity index (χ4v) is 5.43. The molecule has 260 valence electrons. The molecule has 5 heteroatoms. The Morgan fingerprint density at radius 1 is 0.395 bits per heavy atom. The summed E-state index contributed by atoms with van der Waals surface area (Å²) >= 11 is 0. The van der Waals surface area contributed by atoms with Crippen LogP contribution in [0.1, 0.15) is 206 Å². The molecule has 0 aromatic heterocycles. The number of rotatable bonds is 35. The molecule has 0 spiro atoms. The van der Waals surface area contributed by atoms with Crippen LogP contribution in [0.3, 0.4) is 0 Å². The van der Waals surface area contributed by atoms with E-state index in [1.165, 1.54) is 173 Å². The summed E-state index contributed by atoms with van der Waals surface area (Å²) in [7, 11) is 0. The van der Waals surface area contributed by atoms with Crippen molar-refractivity contribution in [2.24, 2.45) is 0 Å². The van der Waals surface area contributed by atoms with Gasteiger partial charge in [0.05, 0.1) is 33.0 Å². The highest BCUT2D eigenvalue weighted by atomic mass is 16.5. The molecule has 0 heterocycles. The molecule has 0 aromatic rings. The molecule has 0 bridgehead atoms. The molecule has 0 amide bonds. The van der Waals surface area contributed by atoms with Crippen molar-refractivity contribution in [1.29, 1.82) is 0 Å². The Labute approximate surface area is 269 Å². The lowest BCUT2D eigenvalue weighted by atomic mass is 10.0. The summed E-state index contributed by atoms with van der Waals surface area (Å²) in [5, 5.41) is 16.2. The van der Waals surface area contributed by atoms with Crippen LogP contribution in [-0.4, -0.2) is 49.2 Å². The minimum absolute atomic E-state index is 0.0272. The predicted molar refractivity (Wildman–Crippen MR) is 186 cm³/mol. The van der Waals surface area contributed by atoms with Crippen LogP contribution >= 0.6 is 0 Å². The maximum Gasteiger partial charge on any atom is 0.305 e. The van der Waals surface area contributed by atoms with Crippen molar-refractivity contribution in [3.63, 3.8) is 0 Å². The van der Waals surface area contributed by atoms with Crippen LogP contribution in [-0.2, 0) is 14.3 Å². The average molecular weight is 615 g/mol. The molecule has 0 radical (unpaired) electrons. The summed E-state index contributed by atoms with van der Waals surface area (Å²) < 4.78 is 10.1. The van der Waals surface area contributed by atoms with E-state index in [4.69, 9.17) is 14.9 Å². The molecule has 0 saturated heterocycles. The standard InChI is InChI=1S/C34H68O2.C4H10O3/c1-3-5-7-9-11-13-15-17-19-20-22-24-26-28-30-32-34(35)36-33-31-29-27-25-23-21-18-16-14-12-10-8-6-4-2;5-1-3-7-4-2-6/h3-33H2,1-2H3;5-6H,1-4H2. The molecule has 0 unspecified atom stereocenters. The molecular weight excluding hydrogens is 536 g/mol. The number of hydrogen-bond donors (Lipinski definition) is 2. The number of ether oxygens (including phenoxy) is 2. The number of hydrogen-bond acceptors (Lipinski definition) is 5. The molecule has 2 N–H and O–H groups in total. The molecule has 0 atom stereocenters. The van der Waals surface area contributed by atoms with Gasteiger partial charge in [-0.25, -0.2) is 0 Å². The van der Waals surface area contributed by atoms with Gasteiger partial charge in [-0.05, 0) is 12.8 Å². The molecule has 0 saturated carbocycles. The van der Waals surface area contributed by atoms with Crippen LogP contribution in [0.2, 0.25) is 0 Å². The Hall–Kier alpha value is -0.650. The highest BCUT2D eigenvalue weighted by Crippen LogP contribution is 2.15. The highest BCUT2D eigenvalue weighted by molar-refractivity contribution is 5.69. The van der Waals surface area contributed by atoms with Crippen LogP contribution < -0.4 is 0 Å². The van der Waals surface area contributed by atoms with Crippen molar-refractivity contribution in [3.8, 4) is 0 Å². The van der Waals surface area contributed by atoms with Gasteiger partial charge in [0.2, 0.25) is 0 Å². The smallest absolute Gasteiger partial charge is 0.305 e. The molecule has 0 aliphatic rings. The van der Waals surface area contributed by atoms with Crippen LogP contribution in [0.5, 0.6) is 0 Å². The summed E-state index contributed by atoms with van der Waals surface area (Å²) in [4.78, 5) is 11.9. The summed E-state index contributed by atoms with van der Waals surface area (Å²) in [5.74, 6) is 0.0272. The topological polar surface area (TPSA) is 76.0 Å². The van der Waals surface area contributed by atoms with Crippen molar-refractivity contribution in [2.45, 2.75) is 206 Å². The predicted octanol–water partition coefficient (Wildman–Crippen LogP) is 11.3.